The average molecular weight is 289 g/mol. The van der Waals surface area contributed by atoms with Crippen LogP contribution < -0.4 is 20.7 Å². The summed E-state index contributed by atoms with van der Waals surface area (Å²) in [7, 11) is 0. The minimum absolute atomic E-state index is 0.0723. The molecule has 1 saturated heterocycles. The minimum Gasteiger partial charge on any atom is -0.493 e. The molecule has 0 radical (unpaired) electrons. The lowest BCUT2D eigenvalue weighted by Crippen LogP contribution is -2.38. The molecule has 110 valence electrons. The fourth-order valence-electron chi connectivity index (χ4n) is 2.53. The number of benzene rings is 1. The van der Waals surface area contributed by atoms with Gasteiger partial charge >= 0.3 is 6.03 Å². The summed E-state index contributed by atoms with van der Waals surface area (Å²) < 4.78 is 5.53. The molecule has 1 fully saturated rings. The lowest BCUT2D eigenvalue weighted by Gasteiger charge is -2.26. The van der Waals surface area contributed by atoms with Gasteiger partial charge < -0.3 is 15.4 Å². The number of fused-ring (bicyclic) bond motifs is 1. The highest BCUT2D eigenvalue weighted by Crippen LogP contribution is 2.31. The number of amides is 4. The zero-order valence-corrected chi connectivity index (χ0v) is 11.2. The van der Waals surface area contributed by atoms with Crippen molar-refractivity contribution in [3.05, 3.63) is 29.8 Å². The largest absolute Gasteiger partial charge is 0.493 e. The molecule has 21 heavy (non-hydrogen) atoms. The molecule has 4 amide bonds. The van der Waals surface area contributed by atoms with Gasteiger partial charge in [0, 0.05) is 12.0 Å². The first-order valence-electron chi connectivity index (χ1n) is 6.76. The van der Waals surface area contributed by atoms with Crippen LogP contribution in [0.5, 0.6) is 5.75 Å². The quantitative estimate of drug-likeness (QED) is 0.694. The van der Waals surface area contributed by atoms with E-state index in [0.29, 0.717) is 13.0 Å². The van der Waals surface area contributed by atoms with Crippen LogP contribution in [-0.4, -0.2) is 30.5 Å². The molecule has 2 aliphatic rings. The fourth-order valence-corrected chi connectivity index (χ4v) is 2.53. The number of urea groups is 1. The second-order valence-corrected chi connectivity index (χ2v) is 5.01. The molecule has 0 bridgehead atoms. The van der Waals surface area contributed by atoms with Crippen molar-refractivity contribution in [3.8, 4) is 5.75 Å². The maximum atomic E-state index is 12.0. The summed E-state index contributed by atoms with van der Waals surface area (Å²) in [4.78, 5) is 34.5. The molecule has 0 unspecified atom stereocenters. The van der Waals surface area contributed by atoms with E-state index in [0.717, 1.165) is 11.3 Å². The third-order valence-electron chi connectivity index (χ3n) is 3.54. The Morgan fingerprint density at radius 2 is 2.14 bits per heavy atom. The number of carbonyl (C=O) groups is 3. The van der Waals surface area contributed by atoms with E-state index in [4.69, 9.17) is 4.74 Å². The van der Waals surface area contributed by atoms with Crippen LogP contribution in [0.3, 0.4) is 0 Å². The second-order valence-electron chi connectivity index (χ2n) is 5.01. The Morgan fingerprint density at radius 1 is 1.33 bits per heavy atom. The Balaban J connectivity index is 1.63. The molecular weight excluding hydrogens is 274 g/mol. The standard InChI is InChI=1S/C14H15N3O4/c18-12(7-10-13(19)17-14(20)16-10)15-9-5-6-21-11-4-2-1-3-8(9)11/h1-4,9-10H,5-7H2,(H,15,18)(H2,16,17,19,20)/t9-,10-/m1/s1. The number of hydrogen-bond donors (Lipinski definition) is 3. The van der Waals surface area contributed by atoms with Gasteiger partial charge in [0.25, 0.3) is 5.91 Å². The van der Waals surface area contributed by atoms with Gasteiger partial charge in [0.2, 0.25) is 5.91 Å². The van der Waals surface area contributed by atoms with Crippen molar-refractivity contribution in [2.45, 2.75) is 24.9 Å². The summed E-state index contributed by atoms with van der Waals surface area (Å²) in [5.74, 6) is 0.0162. The Bertz CT molecular complexity index is 602. The van der Waals surface area contributed by atoms with Gasteiger partial charge in [-0.1, -0.05) is 18.2 Å². The summed E-state index contributed by atoms with van der Waals surface area (Å²) in [6, 6.07) is 6.03. The fraction of sp³-hybridized carbons (Fsp3) is 0.357. The highest BCUT2D eigenvalue weighted by atomic mass is 16.5. The van der Waals surface area contributed by atoms with Crippen molar-refractivity contribution < 1.29 is 19.1 Å². The van der Waals surface area contributed by atoms with Crippen molar-refractivity contribution in [3.63, 3.8) is 0 Å². The lowest BCUT2D eigenvalue weighted by atomic mass is 10.00. The maximum absolute atomic E-state index is 12.0. The van der Waals surface area contributed by atoms with E-state index in [-0.39, 0.29) is 18.4 Å². The Hall–Kier alpha value is -2.57. The number of carbonyl (C=O) groups excluding carboxylic acids is 3. The highest BCUT2D eigenvalue weighted by molar-refractivity contribution is 6.05. The number of ether oxygens (including phenoxy) is 1. The molecule has 0 aliphatic carbocycles. The number of para-hydroxylation sites is 1. The molecule has 1 aromatic rings. The topological polar surface area (TPSA) is 96.5 Å². The van der Waals surface area contributed by atoms with Crippen molar-refractivity contribution in [1.29, 1.82) is 0 Å². The van der Waals surface area contributed by atoms with Gasteiger partial charge in [-0.3, -0.25) is 14.9 Å². The zero-order chi connectivity index (χ0) is 14.8. The third-order valence-corrected chi connectivity index (χ3v) is 3.54. The second kappa shape index (κ2) is 5.43. The van der Waals surface area contributed by atoms with Gasteiger partial charge in [0.05, 0.1) is 19.1 Å². The number of rotatable bonds is 3. The Morgan fingerprint density at radius 3 is 2.90 bits per heavy atom. The number of nitrogens with one attached hydrogen (secondary N) is 3. The van der Waals surface area contributed by atoms with Crippen LogP contribution in [0.15, 0.2) is 24.3 Å². The molecule has 2 aliphatic heterocycles. The lowest BCUT2D eigenvalue weighted by molar-refractivity contribution is -0.127. The highest BCUT2D eigenvalue weighted by Gasteiger charge is 2.32. The Labute approximate surface area is 121 Å². The molecule has 0 spiro atoms. The minimum atomic E-state index is -0.799. The van der Waals surface area contributed by atoms with Crippen molar-refractivity contribution in [2.24, 2.45) is 0 Å². The molecular formula is C14H15N3O4. The number of hydrogen-bond acceptors (Lipinski definition) is 4. The van der Waals surface area contributed by atoms with E-state index in [1.165, 1.54) is 0 Å². The van der Waals surface area contributed by atoms with Crippen LogP contribution in [0, 0.1) is 0 Å². The molecule has 2 atom stereocenters. The Kier molecular flexibility index (Phi) is 3.47. The normalized spacial score (nSPS) is 23.6. The molecule has 3 rings (SSSR count). The first-order valence-corrected chi connectivity index (χ1v) is 6.76. The maximum Gasteiger partial charge on any atom is 0.322 e. The summed E-state index contributed by atoms with van der Waals surface area (Å²) in [5.41, 5.74) is 0.928. The van der Waals surface area contributed by atoms with Crippen LogP contribution in [0.25, 0.3) is 0 Å². The van der Waals surface area contributed by atoms with Gasteiger partial charge in [-0.05, 0) is 6.07 Å². The van der Waals surface area contributed by atoms with Gasteiger partial charge in [0.15, 0.2) is 0 Å². The molecule has 3 N–H and O–H groups in total. The van der Waals surface area contributed by atoms with Gasteiger partial charge in [-0.15, -0.1) is 0 Å². The van der Waals surface area contributed by atoms with Crippen LogP contribution >= 0.6 is 0 Å². The van der Waals surface area contributed by atoms with E-state index >= 15 is 0 Å². The van der Waals surface area contributed by atoms with Crippen molar-refractivity contribution in [1.82, 2.24) is 16.0 Å². The first-order chi connectivity index (χ1) is 10.1. The molecule has 7 heteroatoms. The zero-order valence-electron chi connectivity index (χ0n) is 11.2. The molecule has 0 saturated carbocycles. The van der Waals surface area contributed by atoms with Gasteiger partial charge in [0.1, 0.15) is 11.8 Å². The summed E-state index contributed by atoms with van der Waals surface area (Å²) in [6.45, 7) is 0.530. The molecule has 0 aromatic heterocycles. The monoisotopic (exact) mass is 289 g/mol. The van der Waals surface area contributed by atoms with Crippen molar-refractivity contribution in [2.75, 3.05) is 6.61 Å². The smallest absolute Gasteiger partial charge is 0.322 e. The predicted octanol–water partition coefficient (Wildman–Crippen LogP) is 0.225. The van der Waals surface area contributed by atoms with E-state index in [1.807, 2.05) is 24.3 Å². The summed E-state index contributed by atoms with van der Waals surface area (Å²) in [6.07, 6.45) is 0.600. The molecule has 7 nitrogen and oxygen atoms in total. The average Bonchev–Trinajstić information content (AvgIpc) is 2.77. The molecule has 1 aromatic carbocycles. The summed E-state index contributed by atoms with van der Waals surface area (Å²) in [5, 5.41) is 7.40. The van der Waals surface area contributed by atoms with E-state index in [9.17, 15) is 14.4 Å². The van der Waals surface area contributed by atoms with E-state index < -0.39 is 18.0 Å². The molecule has 2 heterocycles. The van der Waals surface area contributed by atoms with E-state index in [2.05, 4.69) is 16.0 Å². The van der Waals surface area contributed by atoms with Crippen LogP contribution in [0.2, 0.25) is 0 Å². The first kappa shape index (κ1) is 13.4. The van der Waals surface area contributed by atoms with Crippen LogP contribution in [0.4, 0.5) is 4.79 Å². The van der Waals surface area contributed by atoms with Gasteiger partial charge in [-0.25, -0.2) is 4.79 Å². The third kappa shape index (κ3) is 2.81. The van der Waals surface area contributed by atoms with Crippen LogP contribution in [0.1, 0.15) is 24.4 Å². The van der Waals surface area contributed by atoms with Gasteiger partial charge in [-0.2, -0.15) is 0 Å². The van der Waals surface area contributed by atoms with Crippen molar-refractivity contribution >= 4 is 17.8 Å². The predicted molar refractivity (Wildman–Crippen MR) is 72.5 cm³/mol. The SMILES string of the molecule is O=C(C[C@H]1NC(=O)NC1=O)N[C@@H]1CCOc2ccccc21. The van der Waals surface area contributed by atoms with E-state index in [1.54, 1.807) is 0 Å². The summed E-state index contributed by atoms with van der Waals surface area (Å²) >= 11 is 0. The van der Waals surface area contributed by atoms with Crippen LogP contribution in [-0.2, 0) is 9.59 Å². The number of imide groups is 1.